The first-order valence-corrected chi connectivity index (χ1v) is 8.67. The summed E-state index contributed by atoms with van der Waals surface area (Å²) in [5.41, 5.74) is 2.29. The molecule has 2 aromatic rings. The van der Waals surface area contributed by atoms with Crippen LogP contribution in [0.1, 0.15) is 5.56 Å². The van der Waals surface area contributed by atoms with Crippen LogP contribution >= 0.6 is 0 Å². The van der Waals surface area contributed by atoms with Crippen LogP contribution in [0.15, 0.2) is 48.5 Å². The summed E-state index contributed by atoms with van der Waals surface area (Å²) in [5.74, 6) is 1.80. The number of ether oxygens (including phenoxy) is 2. The molecule has 0 radical (unpaired) electrons. The van der Waals surface area contributed by atoms with Gasteiger partial charge >= 0.3 is 0 Å². The Bertz CT molecular complexity index is 727. The molecule has 0 unspecified atom stereocenters. The highest BCUT2D eigenvalue weighted by molar-refractivity contribution is 5.83. The number of piperazine rings is 1. The van der Waals surface area contributed by atoms with Crippen LogP contribution in [0.3, 0.4) is 0 Å². The molecule has 2 heterocycles. The van der Waals surface area contributed by atoms with E-state index in [1.165, 1.54) is 0 Å². The highest BCUT2D eigenvalue weighted by Gasteiger charge is 2.33. The SMILES string of the molecule is COc1ccc(N2CCN(C(=O)[C@@H]3Cc4ccccc4O3)CC2)cc1. The number of methoxy groups -OCH3 is 1. The van der Waals surface area contributed by atoms with E-state index in [4.69, 9.17) is 9.47 Å². The van der Waals surface area contributed by atoms with Gasteiger partial charge in [-0.25, -0.2) is 0 Å². The second-order valence-corrected chi connectivity index (χ2v) is 6.43. The van der Waals surface area contributed by atoms with E-state index >= 15 is 0 Å². The van der Waals surface area contributed by atoms with Crippen molar-refractivity contribution >= 4 is 11.6 Å². The van der Waals surface area contributed by atoms with Crippen molar-refractivity contribution in [3.8, 4) is 11.5 Å². The summed E-state index contributed by atoms with van der Waals surface area (Å²) >= 11 is 0. The molecule has 130 valence electrons. The first-order chi connectivity index (χ1) is 12.2. The van der Waals surface area contributed by atoms with Crippen molar-refractivity contribution in [3.05, 3.63) is 54.1 Å². The molecule has 1 saturated heterocycles. The maximum Gasteiger partial charge on any atom is 0.264 e. The Morgan fingerprint density at radius 2 is 1.76 bits per heavy atom. The maximum atomic E-state index is 12.8. The molecule has 1 amide bonds. The Morgan fingerprint density at radius 3 is 2.44 bits per heavy atom. The lowest BCUT2D eigenvalue weighted by Crippen LogP contribution is -2.52. The first kappa shape index (κ1) is 15.8. The molecular weight excluding hydrogens is 316 g/mol. The summed E-state index contributed by atoms with van der Waals surface area (Å²) in [4.78, 5) is 17.0. The molecule has 0 spiro atoms. The average Bonchev–Trinajstić information content (AvgIpc) is 3.12. The number of carbonyl (C=O) groups is 1. The number of hydrogen-bond acceptors (Lipinski definition) is 4. The van der Waals surface area contributed by atoms with Crippen molar-refractivity contribution in [2.24, 2.45) is 0 Å². The van der Waals surface area contributed by atoms with E-state index in [-0.39, 0.29) is 12.0 Å². The minimum atomic E-state index is -0.370. The molecular formula is C20H22N2O3. The van der Waals surface area contributed by atoms with Gasteiger partial charge in [-0.3, -0.25) is 4.79 Å². The lowest BCUT2D eigenvalue weighted by atomic mass is 10.1. The molecule has 2 aliphatic heterocycles. The number of amides is 1. The highest BCUT2D eigenvalue weighted by atomic mass is 16.5. The molecule has 0 N–H and O–H groups in total. The minimum Gasteiger partial charge on any atom is -0.497 e. The molecule has 0 aromatic heterocycles. The number of benzene rings is 2. The van der Waals surface area contributed by atoms with Crippen LogP contribution in [0.25, 0.3) is 0 Å². The Morgan fingerprint density at radius 1 is 1.04 bits per heavy atom. The molecule has 5 nitrogen and oxygen atoms in total. The van der Waals surface area contributed by atoms with E-state index in [0.29, 0.717) is 6.42 Å². The van der Waals surface area contributed by atoms with Crippen molar-refractivity contribution in [2.75, 3.05) is 38.2 Å². The van der Waals surface area contributed by atoms with Crippen molar-refractivity contribution in [2.45, 2.75) is 12.5 Å². The number of nitrogens with zero attached hydrogens (tertiary/aromatic N) is 2. The molecule has 0 bridgehead atoms. The minimum absolute atomic E-state index is 0.102. The number of rotatable bonds is 3. The van der Waals surface area contributed by atoms with Crippen molar-refractivity contribution in [1.82, 2.24) is 4.90 Å². The first-order valence-electron chi connectivity index (χ1n) is 8.67. The lowest BCUT2D eigenvalue weighted by molar-refractivity contribution is -0.138. The van der Waals surface area contributed by atoms with Gasteiger partial charge < -0.3 is 19.3 Å². The van der Waals surface area contributed by atoms with Crippen LogP contribution in [0.5, 0.6) is 11.5 Å². The van der Waals surface area contributed by atoms with Gasteiger partial charge in [-0.15, -0.1) is 0 Å². The maximum absolute atomic E-state index is 12.8. The zero-order valence-electron chi connectivity index (χ0n) is 14.4. The Hall–Kier alpha value is -2.69. The number of carbonyl (C=O) groups excluding carboxylic acids is 1. The summed E-state index contributed by atoms with van der Waals surface area (Å²) in [7, 11) is 1.67. The lowest BCUT2D eigenvalue weighted by Gasteiger charge is -2.37. The van der Waals surface area contributed by atoms with E-state index in [1.807, 2.05) is 41.3 Å². The van der Waals surface area contributed by atoms with Gasteiger partial charge in [-0.1, -0.05) is 18.2 Å². The highest BCUT2D eigenvalue weighted by Crippen LogP contribution is 2.29. The quantitative estimate of drug-likeness (QED) is 0.862. The molecule has 1 fully saturated rings. The van der Waals surface area contributed by atoms with Crippen LogP contribution in [0.2, 0.25) is 0 Å². The van der Waals surface area contributed by atoms with Gasteiger partial charge in [0.1, 0.15) is 11.5 Å². The predicted octanol–water partition coefficient (Wildman–Crippen LogP) is 2.35. The Kier molecular flexibility index (Phi) is 4.22. The molecule has 0 saturated carbocycles. The van der Waals surface area contributed by atoms with Gasteiger partial charge in [0.25, 0.3) is 5.91 Å². The summed E-state index contributed by atoms with van der Waals surface area (Å²) in [6.45, 7) is 3.11. The summed E-state index contributed by atoms with van der Waals surface area (Å²) in [6, 6.07) is 16.0. The Labute approximate surface area is 147 Å². The fourth-order valence-corrected chi connectivity index (χ4v) is 3.50. The van der Waals surface area contributed by atoms with Gasteiger partial charge in [-0.05, 0) is 35.9 Å². The largest absolute Gasteiger partial charge is 0.497 e. The number of para-hydroxylation sites is 1. The second-order valence-electron chi connectivity index (χ2n) is 6.43. The molecule has 1 atom stereocenters. The van der Waals surface area contributed by atoms with Gasteiger partial charge in [-0.2, -0.15) is 0 Å². The zero-order chi connectivity index (χ0) is 17.2. The zero-order valence-corrected chi connectivity index (χ0v) is 14.4. The van der Waals surface area contributed by atoms with E-state index in [2.05, 4.69) is 17.0 Å². The van der Waals surface area contributed by atoms with Gasteiger partial charge in [0.15, 0.2) is 6.10 Å². The fourth-order valence-electron chi connectivity index (χ4n) is 3.50. The third kappa shape index (κ3) is 3.14. The fraction of sp³-hybridized carbons (Fsp3) is 0.350. The van der Waals surface area contributed by atoms with Crippen LogP contribution < -0.4 is 14.4 Å². The molecule has 5 heteroatoms. The monoisotopic (exact) mass is 338 g/mol. The van der Waals surface area contributed by atoms with Gasteiger partial charge in [0.2, 0.25) is 0 Å². The molecule has 2 aromatic carbocycles. The number of fused-ring (bicyclic) bond motifs is 1. The van der Waals surface area contributed by atoms with E-state index in [9.17, 15) is 4.79 Å². The molecule has 0 aliphatic carbocycles. The third-order valence-corrected chi connectivity index (χ3v) is 4.95. The van der Waals surface area contributed by atoms with Gasteiger partial charge in [0.05, 0.1) is 7.11 Å². The molecule has 25 heavy (non-hydrogen) atoms. The normalized spacial score (nSPS) is 19.3. The van der Waals surface area contributed by atoms with Crippen molar-refractivity contribution in [3.63, 3.8) is 0 Å². The van der Waals surface area contributed by atoms with Crippen molar-refractivity contribution < 1.29 is 14.3 Å². The van der Waals surface area contributed by atoms with Crippen LogP contribution in [-0.4, -0.2) is 50.2 Å². The van der Waals surface area contributed by atoms with Crippen molar-refractivity contribution in [1.29, 1.82) is 0 Å². The number of anilines is 1. The second kappa shape index (κ2) is 6.67. The van der Waals surface area contributed by atoms with Crippen LogP contribution in [0, 0.1) is 0 Å². The summed E-state index contributed by atoms with van der Waals surface area (Å²) in [5, 5.41) is 0. The van der Waals surface area contributed by atoms with Crippen LogP contribution in [-0.2, 0) is 11.2 Å². The molecule has 2 aliphatic rings. The van der Waals surface area contributed by atoms with Gasteiger partial charge in [0, 0.05) is 38.3 Å². The predicted molar refractivity (Wildman–Crippen MR) is 96.3 cm³/mol. The standard InChI is InChI=1S/C20H22N2O3/c1-24-17-8-6-16(7-9-17)21-10-12-22(13-11-21)20(23)19-14-15-4-2-3-5-18(15)25-19/h2-9,19H,10-14H2,1H3/t19-/m0/s1. The van der Waals surface area contributed by atoms with Crippen LogP contribution in [0.4, 0.5) is 5.69 Å². The molecule has 4 rings (SSSR count). The van der Waals surface area contributed by atoms with E-state index < -0.39 is 0 Å². The summed E-state index contributed by atoms with van der Waals surface area (Å²) < 4.78 is 11.0. The smallest absolute Gasteiger partial charge is 0.264 e. The third-order valence-electron chi connectivity index (χ3n) is 4.95. The van der Waals surface area contributed by atoms with E-state index in [0.717, 1.165) is 48.9 Å². The van der Waals surface area contributed by atoms with E-state index in [1.54, 1.807) is 7.11 Å². The average molecular weight is 338 g/mol. The topological polar surface area (TPSA) is 42.0 Å². The summed E-state index contributed by atoms with van der Waals surface area (Å²) in [6.07, 6.45) is 0.304. The number of hydrogen-bond donors (Lipinski definition) is 0. The Balaban J connectivity index is 1.35.